The molecule has 0 heterocycles. The minimum atomic E-state index is -0.514. The molecule has 1 saturated carbocycles. The number of non-ortho nitro benzene ring substituents is 1. The second-order valence-corrected chi connectivity index (χ2v) is 6.27. The van der Waals surface area contributed by atoms with Crippen LogP contribution in [0.4, 0.5) is 11.4 Å². The minimum Gasteiger partial charge on any atom is -0.329 e. The van der Waals surface area contributed by atoms with Gasteiger partial charge in [0.1, 0.15) is 0 Å². The van der Waals surface area contributed by atoms with Crippen molar-refractivity contribution in [2.75, 3.05) is 11.9 Å². The second kappa shape index (κ2) is 6.53. The molecule has 21 heavy (non-hydrogen) atoms. The Kier molecular flexibility index (Phi) is 4.95. The van der Waals surface area contributed by atoms with Crippen LogP contribution in [0.3, 0.4) is 0 Å². The van der Waals surface area contributed by atoms with Gasteiger partial charge in [0.05, 0.1) is 16.0 Å². The number of nitrogens with two attached hydrogens (primary N) is 1. The van der Waals surface area contributed by atoms with Gasteiger partial charge < -0.3 is 11.1 Å². The van der Waals surface area contributed by atoms with E-state index < -0.39 is 10.3 Å². The Hall–Kier alpha value is -1.47. The van der Waals surface area contributed by atoms with Crippen LogP contribution in [0.15, 0.2) is 22.7 Å². The van der Waals surface area contributed by atoms with E-state index >= 15 is 0 Å². The fourth-order valence-corrected chi connectivity index (χ4v) is 3.19. The molecule has 1 aliphatic carbocycles. The van der Waals surface area contributed by atoms with Crippen LogP contribution in [0.5, 0.6) is 0 Å². The number of nitrogens with zero attached hydrogens (tertiary/aromatic N) is 1. The molecule has 0 radical (unpaired) electrons. The Morgan fingerprint density at radius 2 is 2.05 bits per heavy atom. The van der Waals surface area contributed by atoms with Gasteiger partial charge in [0.15, 0.2) is 0 Å². The number of carbonyl (C=O) groups excluding carboxylic acids is 1. The average molecular weight is 356 g/mol. The molecular weight excluding hydrogens is 338 g/mol. The summed E-state index contributed by atoms with van der Waals surface area (Å²) in [6, 6.07) is 4.29. The first-order valence-electron chi connectivity index (χ1n) is 6.94. The van der Waals surface area contributed by atoms with E-state index in [2.05, 4.69) is 21.2 Å². The molecule has 0 unspecified atom stereocenters. The zero-order valence-electron chi connectivity index (χ0n) is 11.6. The molecule has 2 rings (SSSR count). The molecule has 1 amide bonds. The molecule has 6 nitrogen and oxygen atoms in total. The Bertz CT molecular complexity index is 556. The number of halogens is 1. The number of nitrogens with one attached hydrogen (secondary N) is 1. The van der Waals surface area contributed by atoms with E-state index in [1.807, 2.05) is 0 Å². The lowest BCUT2D eigenvalue weighted by molar-refractivity contribution is -0.384. The molecular formula is C14H18BrN3O3. The topological polar surface area (TPSA) is 98.3 Å². The van der Waals surface area contributed by atoms with Gasteiger partial charge in [0.2, 0.25) is 5.91 Å². The Morgan fingerprint density at radius 3 is 2.57 bits per heavy atom. The van der Waals surface area contributed by atoms with Crippen molar-refractivity contribution in [2.45, 2.75) is 32.1 Å². The first-order valence-corrected chi connectivity index (χ1v) is 7.73. The van der Waals surface area contributed by atoms with Gasteiger partial charge >= 0.3 is 0 Å². The van der Waals surface area contributed by atoms with Crippen LogP contribution >= 0.6 is 15.9 Å². The van der Waals surface area contributed by atoms with E-state index in [0.717, 1.165) is 32.1 Å². The SMILES string of the molecule is NCC1(C(=O)Nc2ccc([N+](=O)[O-])cc2Br)CCCCC1. The highest BCUT2D eigenvalue weighted by Crippen LogP contribution is 2.37. The largest absolute Gasteiger partial charge is 0.329 e. The van der Waals surface area contributed by atoms with Crippen LogP contribution in [0.25, 0.3) is 0 Å². The summed E-state index contributed by atoms with van der Waals surface area (Å²) in [4.78, 5) is 22.8. The molecule has 1 aromatic rings. The van der Waals surface area contributed by atoms with Gasteiger partial charge in [-0.05, 0) is 34.8 Å². The second-order valence-electron chi connectivity index (χ2n) is 5.42. The van der Waals surface area contributed by atoms with Crippen molar-refractivity contribution in [3.63, 3.8) is 0 Å². The van der Waals surface area contributed by atoms with E-state index in [9.17, 15) is 14.9 Å². The van der Waals surface area contributed by atoms with Gasteiger partial charge in [-0.3, -0.25) is 14.9 Å². The maximum absolute atomic E-state index is 12.5. The number of carbonyl (C=O) groups is 1. The minimum absolute atomic E-state index is 0.0221. The van der Waals surface area contributed by atoms with Gasteiger partial charge in [-0.2, -0.15) is 0 Å². The molecule has 3 N–H and O–H groups in total. The summed E-state index contributed by atoms with van der Waals surface area (Å²) >= 11 is 3.26. The number of rotatable bonds is 4. The van der Waals surface area contributed by atoms with Gasteiger partial charge in [-0.25, -0.2) is 0 Å². The van der Waals surface area contributed by atoms with Crippen LogP contribution in [0, 0.1) is 15.5 Å². The number of nitro groups is 1. The third-order valence-electron chi connectivity index (χ3n) is 4.09. The first-order chi connectivity index (χ1) is 9.98. The number of amides is 1. The molecule has 1 aromatic carbocycles. The quantitative estimate of drug-likeness (QED) is 0.639. The summed E-state index contributed by atoms with van der Waals surface area (Å²) < 4.78 is 0.494. The summed E-state index contributed by atoms with van der Waals surface area (Å²) in [7, 11) is 0. The zero-order valence-corrected chi connectivity index (χ0v) is 13.2. The monoisotopic (exact) mass is 355 g/mol. The molecule has 0 saturated heterocycles. The number of benzene rings is 1. The molecule has 0 aliphatic heterocycles. The lowest BCUT2D eigenvalue weighted by Crippen LogP contribution is -2.43. The van der Waals surface area contributed by atoms with Crippen LogP contribution in [0.2, 0.25) is 0 Å². The molecule has 0 bridgehead atoms. The number of anilines is 1. The Balaban J connectivity index is 2.17. The fraction of sp³-hybridized carbons (Fsp3) is 0.500. The first kappa shape index (κ1) is 15.9. The van der Waals surface area contributed by atoms with Crippen molar-refractivity contribution in [1.29, 1.82) is 0 Å². The van der Waals surface area contributed by atoms with Gasteiger partial charge in [-0.1, -0.05) is 19.3 Å². The molecule has 0 aromatic heterocycles. The van der Waals surface area contributed by atoms with Crippen molar-refractivity contribution >= 4 is 33.2 Å². The average Bonchev–Trinajstić information content (AvgIpc) is 2.49. The lowest BCUT2D eigenvalue weighted by atomic mass is 9.73. The van der Waals surface area contributed by atoms with Gasteiger partial charge in [0.25, 0.3) is 5.69 Å². The zero-order chi connectivity index (χ0) is 15.5. The predicted octanol–water partition coefficient (Wildman–Crippen LogP) is 3.21. The van der Waals surface area contributed by atoms with E-state index in [0.29, 0.717) is 16.7 Å². The van der Waals surface area contributed by atoms with Crippen molar-refractivity contribution in [3.8, 4) is 0 Å². The third-order valence-corrected chi connectivity index (χ3v) is 4.75. The Labute approximate surface area is 131 Å². The van der Waals surface area contributed by atoms with Gasteiger partial charge in [0, 0.05) is 23.2 Å². The lowest BCUT2D eigenvalue weighted by Gasteiger charge is -2.34. The smallest absolute Gasteiger partial charge is 0.270 e. The Morgan fingerprint density at radius 1 is 1.38 bits per heavy atom. The summed E-state index contributed by atoms with van der Waals surface area (Å²) in [5.41, 5.74) is 5.83. The number of hydrogen-bond acceptors (Lipinski definition) is 4. The van der Waals surface area contributed by atoms with Crippen molar-refractivity contribution in [1.82, 2.24) is 0 Å². The van der Waals surface area contributed by atoms with E-state index in [1.54, 1.807) is 0 Å². The van der Waals surface area contributed by atoms with E-state index in [1.165, 1.54) is 18.2 Å². The molecule has 7 heteroatoms. The predicted molar refractivity (Wildman–Crippen MR) is 84.0 cm³/mol. The highest BCUT2D eigenvalue weighted by Gasteiger charge is 2.38. The van der Waals surface area contributed by atoms with Crippen molar-refractivity contribution in [3.05, 3.63) is 32.8 Å². The summed E-state index contributed by atoms with van der Waals surface area (Å²) in [6.07, 6.45) is 4.73. The normalized spacial score (nSPS) is 17.2. The highest BCUT2D eigenvalue weighted by molar-refractivity contribution is 9.10. The van der Waals surface area contributed by atoms with Crippen LogP contribution in [-0.4, -0.2) is 17.4 Å². The fourth-order valence-electron chi connectivity index (χ4n) is 2.73. The number of nitro benzene ring substituents is 1. The van der Waals surface area contributed by atoms with Crippen LogP contribution < -0.4 is 11.1 Å². The molecule has 114 valence electrons. The maximum atomic E-state index is 12.5. The maximum Gasteiger partial charge on any atom is 0.270 e. The van der Waals surface area contributed by atoms with Crippen LogP contribution in [-0.2, 0) is 4.79 Å². The van der Waals surface area contributed by atoms with Crippen molar-refractivity contribution < 1.29 is 9.72 Å². The van der Waals surface area contributed by atoms with Crippen LogP contribution in [0.1, 0.15) is 32.1 Å². The summed E-state index contributed by atoms with van der Waals surface area (Å²) in [5.74, 6) is -0.0979. The number of hydrogen-bond donors (Lipinski definition) is 2. The van der Waals surface area contributed by atoms with E-state index in [4.69, 9.17) is 5.73 Å². The molecule has 0 spiro atoms. The molecule has 1 fully saturated rings. The van der Waals surface area contributed by atoms with Gasteiger partial charge in [-0.15, -0.1) is 0 Å². The molecule has 1 aliphatic rings. The summed E-state index contributed by atoms with van der Waals surface area (Å²) in [6.45, 7) is 0.323. The third kappa shape index (κ3) is 3.41. The highest BCUT2D eigenvalue weighted by atomic mass is 79.9. The summed E-state index contributed by atoms with van der Waals surface area (Å²) in [5, 5.41) is 13.6. The standard InChI is InChI=1S/C14H18BrN3O3/c15-11-8-10(18(20)21)4-5-12(11)17-13(19)14(9-16)6-2-1-3-7-14/h4-5,8H,1-3,6-7,9,16H2,(H,17,19). The van der Waals surface area contributed by atoms with Crippen molar-refractivity contribution in [2.24, 2.45) is 11.1 Å². The van der Waals surface area contributed by atoms with E-state index in [-0.39, 0.29) is 11.6 Å². The molecule has 0 atom stereocenters.